The molecule has 0 amide bonds. The third-order valence-electron chi connectivity index (χ3n) is 1.59. The maximum Gasteiger partial charge on any atom is 0.323 e. The molecular formula is C8H9F2NOS. The molecule has 5 heteroatoms. The quantitative estimate of drug-likeness (QED) is 0.792. The van der Waals surface area contributed by atoms with Crippen molar-refractivity contribution in [1.82, 2.24) is 0 Å². The van der Waals surface area contributed by atoms with Gasteiger partial charge in [-0.2, -0.15) is 8.78 Å². The first-order valence-corrected chi connectivity index (χ1v) is 5.19. The summed E-state index contributed by atoms with van der Waals surface area (Å²) in [6.07, 6.45) is 0. The second kappa shape index (κ2) is 3.41. The summed E-state index contributed by atoms with van der Waals surface area (Å²) in [6.45, 7) is 1.70. The molecule has 0 saturated heterocycles. The lowest BCUT2D eigenvalue weighted by Crippen LogP contribution is -2.09. The number of nitrogens with one attached hydrogen (secondary N) is 1. The molecule has 0 spiro atoms. The van der Waals surface area contributed by atoms with Crippen LogP contribution in [0.5, 0.6) is 0 Å². The van der Waals surface area contributed by atoms with E-state index in [1.165, 1.54) is 18.2 Å². The molecule has 0 aliphatic rings. The number of halogens is 2. The molecule has 1 aromatic carbocycles. The van der Waals surface area contributed by atoms with Gasteiger partial charge in [0.05, 0.1) is 4.90 Å². The van der Waals surface area contributed by atoms with Crippen LogP contribution < -0.4 is 0 Å². The highest BCUT2D eigenvalue weighted by Gasteiger charge is 2.21. The van der Waals surface area contributed by atoms with E-state index in [-0.39, 0.29) is 4.90 Å². The van der Waals surface area contributed by atoms with Gasteiger partial charge in [0.2, 0.25) is 0 Å². The van der Waals surface area contributed by atoms with Crippen molar-refractivity contribution < 1.29 is 13.0 Å². The fourth-order valence-corrected chi connectivity index (χ4v) is 1.75. The lowest BCUT2D eigenvalue weighted by Gasteiger charge is -2.06. The molecule has 1 unspecified atom stereocenters. The summed E-state index contributed by atoms with van der Waals surface area (Å²) in [7, 11) is -3.93. The fraction of sp³-hybridized carbons (Fsp3) is 0.250. The van der Waals surface area contributed by atoms with E-state index < -0.39 is 15.5 Å². The SMILES string of the molecule is Cc1cccc(S(=N)(=O)C(F)F)c1. The third kappa shape index (κ3) is 2.03. The highest BCUT2D eigenvalue weighted by atomic mass is 32.2. The van der Waals surface area contributed by atoms with Crippen LogP contribution in [0.1, 0.15) is 5.56 Å². The Morgan fingerprint density at radius 3 is 2.54 bits per heavy atom. The van der Waals surface area contributed by atoms with Crippen molar-refractivity contribution in [2.75, 3.05) is 0 Å². The molecular weight excluding hydrogens is 196 g/mol. The zero-order valence-electron chi connectivity index (χ0n) is 6.96. The lowest BCUT2D eigenvalue weighted by molar-refractivity contribution is 0.241. The van der Waals surface area contributed by atoms with Crippen molar-refractivity contribution in [1.29, 1.82) is 4.78 Å². The van der Waals surface area contributed by atoms with Crippen LogP contribution in [-0.4, -0.2) is 9.97 Å². The molecule has 0 saturated carbocycles. The smallest absolute Gasteiger partial charge is 0.244 e. The Morgan fingerprint density at radius 1 is 1.46 bits per heavy atom. The minimum absolute atomic E-state index is 0.109. The number of aryl methyl sites for hydroxylation is 1. The van der Waals surface area contributed by atoms with Gasteiger partial charge in [0.1, 0.15) is 9.73 Å². The van der Waals surface area contributed by atoms with Gasteiger partial charge in [-0.3, -0.25) is 0 Å². The van der Waals surface area contributed by atoms with Crippen LogP contribution in [0.4, 0.5) is 8.78 Å². The largest absolute Gasteiger partial charge is 0.323 e. The van der Waals surface area contributed by atoms with Gasteiger partial charge in [-0.05, 0) is 24.6 Å². The first-order valence-electron chi connectivity index (χ1n) is 3.57. The first kappa shape index (κ1) is 10.1. The van der Waals surface area contributed by atoms with E-state index in [2.05, 4.69) is 0 Å². The Kier molecular flexibility index (Phi) is 2.66. The van der Waals surface area contributed by atoms with E-state index in [4.69, 9.17) is 4.78 Å². The Balaban J connectivity index is 3.24. The molecule has 0 radical (unpaired) electrons. The molecule has 0 aliphatic heterocycles. The van der Waals surface area contributed by atoms with Crippen LogP contribution in [0.25, 0.3) is 0 Å². The molecule has 0 bridgehead atoms. The monoisotopic (exact) mass is 205 g/mol. The molecule has 0 aromatic heterocycles. The molecule has 0 fully saturated rings. The van der Waals surface area contributed by atoms with Gasteiger partial charge in [-0.1, -0.05) is 12.1 Å². The summed E-state index contributed by atoms with van der Waals surface area (Å²) < 4.78 is 42.5. The number of hydrogen-bond donors (Lipinski definition) is 1. The van der Waals surface area contributed by atoms with E-state index in [0.29, 0.717) is 0 Å². The Morgan fingerprint density at radius 2 is 2.08 bits per heavy atom. The van der Waals surface area contributed by atoms with Crippen LogP contribution in [0.2, 0.25) is 0 Å². The summed E-state index contributed by atoms with van der Waals surface area (Å²) >= 11 is 0. The highest BCUT2D eigenvalue weighted by molar-refractivity contribution is 7.92. The van der Waals surface area contributed by atoms with Crippen molar-refractivity contribution in [3.63, 3.8) is 0 Å². The van der Waals surface area contributed by atoms with E-state index in [9.17, 15) is 13.0 Å². The maximum absolute atomic E-state index is 12.2. The van der Waals surface area contributed by atoms with Crippen LogP contribution >= 0.6 is 0 Å². The molecule has 13 heavy (non-hydrogen) atoms. The third-order valence-corrected chi connectivity index (χ3v) is 3.05. The summed E-state index contributed by atoms with van der Waals surface area (Å²) in [5, 5.41) is 0. The number of alkyl halides is 2. The molecule has 1 aromatic rings. The van der Waals surface area contributed by atoms with Crippen molar-refractivity contribution in [2.45, 2.75) is 17.6 Å². The first-order chi connectivity index (χ1) is 5.94. The molecule has 2 nitrogen and oxygen atoms in total. The fourth-order valence-electron chi connectivity index (χ4n) is 0.907. The van der Waals surface area contributed by atoms with E-state index >= 15 is 0 Å². The molecule has 0 heterocycles. The van der Waals surface area contributed by atoms with Crippen molar-refractivity contribution in [2.24, 2.45) is 0 Å². The van der Waals surface area contributed by atoms with Crippen LogP contribution in [-0.2, 0) is 9.73 Å². The summed E-state index contributed by atoms with van der Waals surface area (Å²) in [4.78, 5) is -0.109. The van der Waals surface area contributed by atoms with E-state index in [0.717, 1.165) is 5.56 Å². The number of rotatable bonds is 2. The van der Waals surface area contributed by atoms with Gasteiger partial charge in [0, 0.05) is 0 Å². The van der Waals surface area contributed by atoms with Crippen molar-refractivity contribution >= 4 is 9.73 Å². The second-order valence-corrected chi connectivity index (χ2v) is 4.71. The average molecular weight is 205 g/mol. The molecule has 1 N–H and O–H groups in total. The van der Waals surface area contributed by atoms with Gasteiger partial charge in [0.15, 0.2) is 0 Å². The summed E-state index contributed by atoms with van der Waals surface area (Å²) in [5.41, 5.74) is 0.720. The van der Waals surface area contributed by atoms with Crippen molar-refractivity contribution in [3.8, 4) is 0 Å². The molecule has 0 aliphatic carbocycles. The zero-order chi connectivity index (χ0) is 10.1. The second-order valence-electron chi connectivity index (χ2n) is 2.68. The van der Waals surface area contributed by atoms with Gasteiger partial charge in [-0.25, -0.2) is 8.99 Å². The van der Waals surface area contributed by atoms with E-state index in [1.54, 1.807) is 13.0 Å². The van der Waals surface area contributed by atoms with Gasteiger partial charge >= 0.3 is 5.76 Å². The van der Waals surface area contributed by atoms with E-state index in [1.807, 2.05) is 0 Å². The molecule has 1 rings (SSSR count). The topological polar surface area (TPSA) is 40.9 Å². The summed E-state index contributed by atoms with van der Waals surface area (Å²) in [5.74, 6) is -3.13. The van der Waals surface area contributed by atoms with Gasteiger partial charge in [-0.15, -0.1) is 0 Å². The Labute approximate surface area is 75.6 Å². The molecule has 1 atom stereocenters. The lowest BCUT2D eigenvalue weighted by atomic mass is 10.2. The standard InChI is InChI=1S/C8H9F2NOS/c1-6-3-2-4-7(5-6)13(11,12)8(9)10/h2-5,8,11H,1H3. The van der Waals surface area contributed by atoms with Crippen LogP contribution in [0.3, 0.4) is 0 Å². The van der Waals surface area contributed by atoms with Crippen LogP contribution in [0.15, 0.2) is 29.2 Å². The average Bonchev–Trinajstić information content (AvgIpc) is 2.04. The summed E-state index contributed by atoms with van der Waals surface area (Å²) in [6, 6.07) is 5.85. The Bertz CT molecular complexity index is 400. The van der Waals surface area contributed by atoms with Crippen molar-refractivity contribution in [3.05, 3.63) is 29.8 Å². The minimum Gasteiger partial charge on any atom is -0.244 e. The normalized spacial score (nSPS) is 15.7. The zero-order valence-corrected chi connectivity index (χ0v) is 7.78. The Hall–Kier alpha value is -0.970. The predicted octanol–water partition coefficient (Wildman–Crippen LogP) is 2.62. The van der Waals surface area contributed by atoms with Gasteiger partial charge in [0.25, 0.3) is 0 Å². The number of benzene rings is 1. The maximum atomic E-state index is 12.2. The molecule has 72 valence electrons. The minimum atomic E-state index is -3.93. The highest BCUT2D eigenvalue weighted by Crippen LogP contribution is 2.19. The van der Waals surface area contributed by atoms with Crippen LogP contribution in [0, 0.1) is 11.7 Å². The number of hydrogen-bond acceptors (Lipinski definition) is 2. The van der Waals surface area contributed by atoms with Gasteiger partial charge < -0.3 is 0 Å². The predicted molar refractivity (Wildman–Crippen MR) is 46.3 cm³/mol.